The molecule has 3 rings (SSSR count). The van der Waals surface area contributed by atoms with E-state index in [2.05, 4.69) is 17.4 Å². The number of rotatable bonds is 7. The second-order valence-electron chi connectivity index (χ2n) is 6.51. The monoisotopic (exact) mass is 271 g/mol. The third-order valence-electron chi connectivity index (χ3n) is 4.96. The second-order valence-corrected chi connectivity index (χ2v) is 6.51. The summed E-state index contributed by atoms with van der Waals surface area (Å²) in [4.78, 5) is 2.94. The van der Waals surface area contributed by atoms with Gasteiger partial charge in [-0.05, 0) is 13.0 Å². The Morgan fingerprint density at radius 1 is 1.05 bits per heavy atom. The minimum Gasteiger partial charge on any atom is -0.312 e. The van der Waals surface area contributed by atoms with Gasteiger partial charge >= 0.3 is 5.96 Å². The molecule has 0 aromatic heterocycles. The minimum absolute atomic E-state index is 0.321. The lowest BCUT2D eigenvalue weighted by atomic mass is 10.1. The van der Waals surface area contributed by atoms with Crippen molar-refractivity contribution in [3.05, 3.63) is 0 Å². The van der Waals surface area contributed by atoms with Crippen LogP contribution < -0.4 is 21.8 Å². The number of piperazine rings is 3. The van der Waals surface area contributed by atoms with E-state index in [9.17, 15) is 0 Å². The number of likely N-dealkylation sites (N-methyl/N-ethyl adjacent to an activating group) is 1. The van der Waals surface area contributed by atoms with Crippen molar-refractivity contribution < 1.29 is 14.0 Å². The van der Waals surface area contributed by atoms with Crippen LogP contribution in [0.2, 0.25) is 0 Å². The number of nitrogens with zero attached hydrogens (tertiary/aromatic N) is 2. The largest absolute Gasteiger partial charge is 0.338 e. The molecular formula is C13H31N6+3. The number of guanidine groups is 1. The van der Waals surface area contributed by atoms with E-state index in [-0.39, 0.29) is 0 Å². The van der Waals surface area contributed by atoms with Crippen LogP contribution in [0.4, 0.5) is 0 Å². The molecule has 0 aromatic carbocycles. The fraction of sp³-hybridized carbons (Fsp3) is 0.923. The predicted molar refractivity (Wildman–Crippen MR) is 77.2 cm³/mol. The van der Waals surface area contributed by atoms with Crippen molar-refractivity contribution in [1.82, 2.24) is 5.32 Å². The molecule has 2 bridgehead atoms. The van der Waals surface area contributed by atoms with Crippen molar-refractivity contribution in [3.63, 3.8) is 0 Å². The van der Waals surface area contributed by atoms with Gasteiger partial charge in [-0.2, -0.15) is 0 Å². The standard InChI is InChI=1S/C13H30N6/c1-18-7-10-19(11-8-18,12-9-18)6-5-16-3-2-4-17-13(14)15/h16H,2-12H2,1H3,(H4,14,15,17)/q+2/p+1. The summed E-state index contributed by atoms with van der Waals surface area (Å²) in [7, 11) is 2.42. The van der Waals surface area contributed by atoms with Gasteiger partial charge in [-0.1, -0.05) is 0 Å². The molecule has 110 valence electrons. The van der Waals surface area contributed by atoms with Crippen LogP contribution in [0.3, 0.4) is 0 Å². The van der Waals surface area contributed by atoms with Gasteiger partial charge in [0.2, 0.25) is 0 Å². The Bertz CT molecular complexity index is 299. The Balaban J connectivity index is 1.58. The van der Waals surface area contributed by atoms with Crippen LogP contribution in [0.25, 0.3) is 0 Å². The third kappa shape index (κ3) is 4.06. The molecule has 6 heteroatoms. The summed E-state index contributed by atoms with van der Waals surface area (Å²) in [6, 6.07) is 0. The summed E-state index contributed by atoms with van der Waals surface area (Å²) < 4.78 is 2.67. The lowest BCUT2D eigenvalue weighted by Gasteiger charge is -2.54. The highest BCUT2D eigenvalue weighted by Crippen LogP contribution is 2.23. The van der Waals surface area contributed by atoms with Crippen molar-refractivity contribution in [2.75, 3.05) is 72.5 Å². The average Bonchev–Trinajstić information content (AvgIpc) is 2.39. The summed E-state index contributed by atoms with van der Waals surface area (Å²) in [5, 5.41) is 3.54. The fourth-order valence-electron chi connectivity index (χ4n) is 3.25. The first-order valence-electron chi connectivity index (χ1n) is 7.55. The van der Waals surface area contributed by atoms with E-state index in [1.54, 1.807) is 0 Å². The molecule has 3 fully saturated rings. The number of hydrogen-bond donors (Lipinski definition) is 4. The number of fused-ring (bicyclic) bond motifs is 3. The fourth-order valence-corrected chi connectivity index (χ4v) is 3.25. The van der Waals surface area contributed by atoms with Crippen LogP contribution in [0, 0.1) is 0 Å². The highest BCUT2D eigenvalue weighted by Gasteiger charge is 2.46. The second kappa shape index (κ2) is 6.07. The number of nitrogens with one attached hydrogen (secondary N) is 2. The molecule has 0 amide bonds. The van der Waals surface area contributed by atoms with Crippen molar-refractivity contribution >= 4 is 5.96 Å². The topological polar surface area (TPSA) is 78.0 Å². The highest BCUT2D eigenvalue weighted by atomic mass is 15.5. The maximum atomic E-state index is 5.34. The van der Waals surface area contributed by atoms with Crippen molar-refractivity contribution in [3.8, 4) is 0 Å². The van der Waals surface area contributed by atoms with Gasteiger partial charge in [0.05, 0.1) is 20.1 Å². The third-order valence-corrected chi connectivity index (χ3v) is 4.96. The Hall–Kier alpha value is -0.850. The summed E-state index contributed by atoms with van der Waals surface area (Å²) in [5.41, 5.74) is 10.7. The lowest BCUT2D eigenvalue weighted by molar-refractivity contribution is -1.07. The highest BCUT2D eigenvalue weighted by molar-refractivity contribution is 5.69. The summed E-state index contributed by atoms with van der Waals surface area (Å²) in [6.45, 7) is 12.5. The van der Waals surface area contributed by atoms with Gasteiger partial charge in [-0.3, -0.25) is 16.5 Å². The maximum Gasteiger partial charge on any atom is 0.338 e. The molecule has 3 saturated heterocycles. The van der Waals surface area contributed by atoms with E-state index < -0.39 is 0 Å². The predicted octanol–water partition coefficient (Wildman–Crippen LogP) is -3.39. The Morgan fingerprint density at radius 2 is 1.68 bits per heavy atom. The van der Waals surface area contributed by atoms with Gasteiger partial charge < -0.3 is 14.3 Å². The first kappa shape index (κ1) is 14.6. The SMILES string of the molecule is C[N+]12CC[N+](CCNCCC[NH+]=C(N)N)(CC1)CC2. The Morgan fingerprint density at radius 3 is 2.26 bits per heavy atom. The zero-order valence-electron chi connectivity index (χ0n) is 12.3. The molecule has 3 heterocycles. The quantitative estimate of drug-likeness (QED) is 0.169. The summed E-state index contributed by atoms with van der Waals surface area (Å²) in [5.74, 6) is 0.321. The molecule has 0 aromatic rings. The zero-order valence-corrected chi connectivity index (χ0v) is 12.3. The molecule has 6 nitrogen and oxygen atoms in total. The Kier molecular flexibility index (Phi) is 4.65. The van der Waals surface area contributed by atoms with Gasteiger partial charge in [0.15, 0.2) is 0 Å². The molecule has 19 heavy (non-hydrogen) atoms. The van der Waals surface area contributed by atoms with Crippen molar-refractivity contribution in [1.29, 1.82) is 0 Å². The van der Waals surface area contributed by atoms with Crippen LogP contribution in [-0.4, -0.2) is 87.4 Å². The number of nitrogens with two attached hydrogens (primary N) is 2. The van der Waals surface area contributed by atoms with E-state index in [1.165, 1.54) is 54.8 Å². The summed E-state index contributed by atoms with van der Waals surface area (Å²) in [6.07, 6.45) is 1.06. The Labute approximate surface area is 116 Å². The van der Waals surface area contributed by atoms with Crippen LogP contribution >= 0.6 is 0 Å². The van der Waals surface area contributed by atoms with Crippen LogP contribution in [0.1, 0.15) is 6.42 Å². The molecule has 6 N–H and O–H groups in total. The van der Waals surface area contributed by atoms with Crippen molar-refractivity contribution in [2.24, 2.45) is 11.5 Å². The zero-order chi connectivity index (χ0) is 13.8. The minimum atomic E-state index is 0.321. The number of quaternary nitrogens is 2. The molecule has 3 aliphatic heterocycles. The molecule has 0 aliphatic carbocycles. The van der Waals surface area contributed by atoms with E-state index >= 15 is 0 Å². The lowest BCUT2D eigenvalue weighted by Crippen LogP contribution is -2.78. The van der Waals surface area contributed by atoms with E-state index in [1.807, 2.05) is 0 Å². The molecule has 0 saturated carbocycles. The van der Waals surface area contributed by atoms with Crippen LogP contribution in [-0.2, 0) is 0 Å². The van der Waals surface area contributed by atoms with Crippen LogP contribution in [0.15, 0.2) is 0 Å². The van der Waals surface area contributed by atoms with Gasteiger partial charge in [0, 0.05) is 6.54 Å². The van der Waals surface area contributed by atoms with Gasteiger partial charge in [0.1, 0.15) is 39.3 Å². The molecule has 3 aliphatic rings. The van der Waals surface area contributed by atoms with Crippen molar-refractivity contribution in [2.45, 2.75) is 6.42 Å². The smallest absolute Gasteiger partial charge is 0.312 e. The van der Waals surface area contributed by atoms with E-state index in [0.29, 0.717) is 5.96 Å². The van der Waals surface area contributed by atoms with Gasteiger partial charge in [-0.15, -0.1) is 0 Å². The molecule has 0 spiro atoms. The molecule has 0 radical (unpaired) electrons. The molecule has 0 unspecified atom stereocenters. The number of hydrogen-bond acceptors (Lipinski definition) is 1. The molecular weight excluding hydrogens is 240 g/mol. The van der Waals surface area contributed by atoms with E-state index in [0.717, 1.165) is 26.1 Å². The van der Waals surface area contributed by atoms with Gasteiger partial charge in [-0.25, -0.2) is 0 Å². The first-order chi connectivity index (χ1) is 9.04. The normalized spacial score (nSPS) is 33.3. The summed E-state index contributed by atoms with van der Waals surface area (Å²) >= 11 is 0. The average molecular weight is 271 g/mol. The maximum absolute atomic E-state index is 5.34. The van der Waals surface area contributed by atoms with Crippen LogP contribution in [0.5, 0.6) is 0 Å². The van der Waals surface area contributed by atoms with E-state index in [4.69, 9.17) is 11.5 Å². The first-order valence-corrected chi connectivity index (χ1v) is 7.55. The van der Waals surface area contributed by atoms with Gasteiger partial charge in [0.25, 0.3) is 0 Å². The molecule has 0 atom stereocenters.